The molecule has 2 aliphatic rings. The molecule has 2 aromatic heterocycles. The molecule has 140 valence electrons. The first kappa shape index (κ1) is 17.3. The van der Waals surface area contributed by atoms with Crippen LogP contribution in [0.3, 0.4) is 0 Å². The van der Waals surface area contributed by atoms with Crippen molar-refractivity contribution in [2.75, 3.05) is 36.2 Å². The van der Waals surface area contributed by atoms with Crippen LogP contribution in [0.5, 0.6) is 0 Å². The maximum atomic E-state index is 12.4. The van der Waals surface area contributed by atoms with E-state index < -0.39 is 14.6 Å². The minimum absolute atomic E-state index is 0.180. The summed E-state index contributed by atoms with van der Waals surface area (Å²) < 4.78 is 29.5. The third-order valence-corrected chi connectivity index (χ3v) is 7.24. The molecule has 9 heteroatoms. The van der Waals surface area contributed by atoms with E-state index in [0.29, 0.717) is 37.7 Å². The van der Waals surface area contributed by atoms with E-state index in [1.807, 2.05) is 12.1 Å². The summed E-state index contributed by atoms with van der Waals surface area (Å²) in [5, 5.41) is 9.96. The number of aromatic amines is 1. The van der Waals surface area contributed by atoms with Crippen molar-refractivity contribution in [3.8, 4) is 0 Å². The van der Waals surface area contributed by atoms with Gasteiger partial charge >= 0.3 is 0 Å². The normalized spacial score (nSPS) is 22.2. The molecule has 2 fully saturated rings. The van der Waals surface area contributed by atoms with Gasteiger partial charge in [0.25, 0.3) is 0 Å². The van der Waals surface area contributed by atoms with Crippen molar-refractivity contribution in [2.45, 2.75) is 30.6 Å². The first-order chi connectivity index (χ1) is 12.4. The zero-order chi connectivity index (χ0) is 18.4. The van der Waals surface area contributed by atoms with Crippen LogP contribution >= 0.6 is 0 Å². The number of rotatable bonds is 5. The van der Waals surface area contributed by atoms with Crippen LogP contribution in [-0.4, -0.2) is 55.7 Å². The Morgan fingerprint density at radius 2 is 2.19 bits per heavy atom. The molecule has 1 atom stereocenters. The molecule has 1 unspecified atom stereocenters. The Bertz CT molecular complexity index is 893. The average molecular weight is 377 g/mol. The number of morpholine rings is 1. The quantitative estimate of drug-likeness (QED) is 0.819. The van der Waals surface area contributed by atoms with Gasteiger partial charge in [0.05, 0.1) is 30.2 Å². The zero-order valence-electron chi connectivity index (χ0n) is 14.9. The van der Waals surface area contributed by atoms with E-state index in [-0.39, 0.29) is 6.04 Å². The summed E-state index contributed by atoms with van der Waals surface area (Å²) in [6, 6.07) is 5.74. The molecule has 1 aliphatic carbocycles. The van der Waals surface area contributed by atoms with Gasteiger partial charge in [-0.15, -0.1) is 0 Å². The van der Waals surface area contributed by atoms with E-state index in [0.717, 1.165) is 17.9 Å². The lowest BCUT2D eigenvalue weighted by Crippen LogP contribution is -2.44. The summed E-state index contributed by atoms with van der Waals surface area (Å²) in [7, 11) is -3.20. The van der Waals surface area contributed by atoms with Crippen LogP contribution in [0.15, 0.2) is 24.4 Å². The summed E-state index contributed by atoms with van der Waals surface area (Å²) in [4.78, 5) is 6.89. The molecule has 2 aromatic rings. The Morgan fingerprint density at radius 3 is 2.81 bits per heavy atom. The van der Waals surface area contributed by atoms with Crippen molar-refractivity contribution < 1.29 is 13.2 Å². The summed E-state index contributed by atoms with van der Waals surface area (Å²) in [6.45, 7) is 4.08. The second-order valence-electron chi connectivity index (χ2n) is 7.08. The Labute approximate surface area is 152 Å². The molecular weight excluding hydrogens is 354 g/mol. The van der Waals surface area contributed by atoms with Crippen LogP contribution in [0.4, 0.5) is 17.5 Å². The second kappa shape index (κ2) is 6.24. The van der Waals surface area contributed by atoms with E-state index in [4.69, 9.17) is 9.72 Å². The van der Waals surface area contributed by atoms with E-state index in [1.54, 1.807) is 12.3 Å². The van der Waals surface area contributed by atoms with E-state index in [1.165, 1.54) is 6.26 Å². The van der Waals surface area contributed by atoms with E-state index >= 15 is 0 Å². The topological polar surface area (TPSA) is 100 Å². The van der Waals surface area contributed by atoms with Crippen LogP contribution < -0.4 is 10.2 Å². The number of anilines is 3. The lowest BCUT2D eigenvalue weighted by Gasteiger charge is -2.35. The SMILES string of the molecule is CC1COCCN1c1cc(C2(S(C)(=O)=O)CC2)cc(Nc2ccn[nH]2)n1. The van der Waals surface area contributed by atoms with Gasteiger partial charge in [0.2, 0.25) is 0 Å². The number of hydrogen-bond donors (Lipinski definition) is 2. The van der Waals surface area contributed by atoms with Crippen LogP contribution in [0.1, 0.15) is 25.3 Å². The van der Waals surface area contributed by atoms with Gasteiger partial charge < -0.3 is 15.0 Å². The predicted molar refractivity (Wildman–Crippen MR) is 99.5 cm³/mol. The van der Waals surface area contributed by atoms with Crippen molar-refractivity contribution in [1.29, 1.82) is 0 Å². The third-order valence-electron chi connectivity index (χ3n) is 5.18. The van der Waals surface area contributed by atoms with Crippen LogP contribution in [0.2, 0.25) is 0 Å². The maximum Gasteiger partial charge on any atom is 0.157 e. The number of pyridine rings is 1. The molecule has 0 radical (unpaired) electrons. The highest BCUT2D eigenvalue weighted by Crippen LogP contribution is 2.53. The van der Waals surface area contributed by atoms with E-state index in [2.05, 4.69) is 27.3 Å². The highest BCUT2D eigenvalue weighted by atomic mass is 32.2. The van der Waals surface area contributed by atoms with Gasteiger partial charge in [-0.05, 0) is 37.5 Å². The molecule has 4 rings (SSSR count). The summed E-state index contributed by atoms with van der Waals surface area (Å²) >= 11 is 0. The molecule has 8 nitrogen and oxygen atoms in total. The molecule has 2 N–H and O–H groups in total. The fourth-order valence-electron chi connectivity index (χ4n) is 3.51. The van der Waals surface area contributed by atoms with Crippen molar-refractivity contribution in [1.82, 2.24) is 15.2 Å². The van der Waals surface area contributed by atoms with Gasteiger partial charge in [0.15, 0.2) is 9.84 Å². The highest BCUT2D eigenvalue weighted by molar-refractivity contribution is 7.92. The maximum absolute atomic E-state index is 12.4. The largest absolute Gasteiger partial charge is 0.377 e. The van der Waals surface area contributed by atoms with Crippen molar-refractivity contribution in [3.63, 3.8) is 0 Å². The Balaban J connectivity index is 1.77. The second-order valence-corrected chi connectivity index (χ2v) is 9.40. The summed E-state index contributed by atoms with van der Waals surface area (Å²) in [5.41, 5.74) is 0.797. The summed E-state index contributed by atoms with van der Waals surface area (Å²) in [6.07, 6.45) is 4.27. The lowest BCUT2D eigenvalue weighted by molar-refractivity contribution is 0.0985. The Hall–Kier alpha value is -2.13. The zero-order valence-corrected chi connectivity index (χ0v) is 15.7. The van der Waals surface area contributed by atoms with Crippen LogP contribution in [0.25, 0.3) is 0 Å². The van der Waals surface area contributed by atoms with Gasteiger partial charge in [0, 0.05) is 18.9 Å². The Kier molecular flexibility index (Phi) is 4.15. The molecule has 0 spiro atoms. The smallest absolute Gasteiger partial charge is 0.157 e. The highest BCUT2D eigenvalue weighted by Gasteiger charge is 2.54. The fraction of sp³-hybridized carbons (Fsp3) is 0.529. The fourth-order valence-corrected chi connectivity index (χ4v) is 4.90. The summed E-state index contributed by atoms with van der Waals surface area (Å²) in [5.74, 6) is 2.09. The van der Waals surface area contributed by atoms with E-state index in [9.17, 15) is 8.42 Å². The average Bonchev–Trinajstić information content (AvgIpc) is 3.28. The van der Waals surface area contributed by atoms with Gasteiger partial charge in [0.1, 0.15) is 17.5 Å². The number of nitrogens with one attached hydrogen (secondary N) is 2. The number of hydrogen-bond acceptors (Lipinski definition) is 7. The molecular formula is C17H23N5O3S. The standard InChI is InChI=1S/C17H23N5O3S/c1-12-11-25-8-7-22(12)16-10-13(17(4-5-17)26(2,23)24)9-15(20-16)19-14-3-6-18-21-14/h3,6,9-10,12H,4-5,7-8,11H2,1-2H3,(H2,18,19,20,21). The van der Waals surface area contributed by atoms with Crippen molar-refractivity contribution >= 4 is 27.3 Å². The number of nitrogens with zero attached hydrogens (tertiary/aromatic N) is 3. The van der Waals surface area contributed by atoms with Crippen molar-refractivity contribution in [3.05, 3.63) is 30.0 Å². The molecule has 1 aliphatic heterocycles. The monoisotopic (exact) mass is 377 g/mol. The van der Waals surface area contributed by atoms with Gasteiger partial charge in [-0.2, -0.15) is 5.10 Å². The van der Waals surface area contributed by atoms with Crippen LogP contribution in [0, 0.1) is 0 Å². The molecule has 26 heavy (non-hydrogen) atoms. The first-order valence-electron chi connectivity index (χ1n) is 8.72. The third kappa shape index (κ3) is 3.05. The number of ether oxygens (including phenoxy) is 1. The molecule has 0 aromatic carbocycles. The van der Waals surface area contributed by atoms with Crippen LogP contribution in [-0.2, 0) is 19.3 Å². The molecule has 0 amide bonds. The van der Waals surface area contributed by atoms with Gasteiger partial charge in [-0.1, -0.05) is 0 Å². The predicted octanol–water partition coefficient (Wildman–Crippen LogP) is 1.81. The minimum Gasteiger partial charge on any atom is -0.377 e. The molecule has 3 heterocycles. The Morgan fingerprint density at radius 1 is 1.38 bits per heavy atom. The molecule has 0 bridgehead atoms. The molecule has 1 saturated carbocycles. The van der Waals surface area contributed by atoms with Gasteiger partial charge in [-0.3, -0.25) is 5.10 Å². The molecule has 1 saturated heterocycles. The number of H-pyrrole nitrogens is 1. The first-order valence-corrected chi connectivity index (χ1v) is 10.6. The lowest BCUT2D eigenvalue weighted by atomic mass is 10.1. The minimum atomic E-state index is -3.20. The number of sulfone groups is 1. The van der Waals surface area contributed by atoms with Gasteiger partial charge in [-0.25, -0.2) is 13.4 Å². The van der Waals surface area contributed by atoms with Crippen molar-refractivity contribution in [2.24, 2.45) is 0 Å². The number of aromatic nitrogens is 3.